The molecule has 1 fully saturated rings. The molecular formula is C36H38O6S. The number of ether oxygens (including phenoxy) is 4. The fraction of sp³-hybridized carbons (Fsp3) is 0.306. The lowest BCUT2D eigenvalue weighted by Gasteiger charge is -2.49. The molecule has 0 aliphatic heterocycles. The maximum Gasteiger partial charge on any atom is 0.180 e. The largest absolute Gasteiger partial charge is 0.383 e. The molecule has 224 valence electrons. The van der Waals surface area contributed by atoms with Crippen molar-refractivity contribution in [1.29, 1.82) is 0 Å². The molecule has 7 heteroatoms. The summed E-state index contributed by atoms with van der Waals surface area (Å²) >= 11 is 0.948. The van der Waals surface area contributed by atoms with Gasteiger partial charge in [0.1, 0.15) is 23.9 Å². The first-order valence-electron chi connectivity index (χ1n) is 14.8. The molecule has 0 heterocycles. The van der Waals surface area contributed by atoms with Crippen molar-refractivity contribution >= 4 is 17.5 Å². The van der Waals surface area contributed by atoms with Gasteiger partial charge >= 0.3 is 0 Å². The Morgan fingerprint density at radius 2 is 1.09 bits per heavy atom. The minimum Gasteiger partial charge on any atom is -0.383 e. The van der Waals surface area contributed by atoms with Crippen LogP contribution in [0.15, 0.2) is 121 Å². The molecule has 5 atom stereocenters. The molecule has 6 nitrogen and oxygen atoms in total. The third kappa shape index (κ3) is 8.00. The highest BCUT2D eigenvalue weighted by atomic mass is 32.2. The van der Waals surface area contributed by atoms with E-state index >= 15 is 0 Å². The zero-order valence-corrected chi connectivity index (χ0v) is 25.0. The van der Waals surface area contributed by atoms with E-state index in [1.165, 1.54) is 0 Å². The van der Waals surface area contributed by atoms with Crippen molar-refractivity contribution in [2.75, 3.05) is 12.9 Å². The van der Waals surface area contributed by atoms with Gasteiger partial charge in [0.05, 0.1) is 39.6 Å². The molecule has 0 saturated heterocycles. The molecule has 4 aromatic carbocycles. The van der Waals surface area contributed by atoms with Crippen LogP contribution >= 0.6 is 11.8 Å². The highest BCUT2D eigenvalue weighted by Crippen LogP contribution is 2.40. The molecule has 4 aromatic rings. The average molecular weight is 600 g/mol. The molecule has 0 spiro atoms. The van der Waals surface area contributed by atoms with Crippen molar-refractivity contribution in [2.45, 2.75) is 55.6 Å². The van der Waals surface area contributed by atoms with Crippen molar-refractivity contribution in [3.05, 3.63) is 144 Å². The number of hydrogen-bond acceptors (Lipinski definition) is 7. The molecule has 5 rings (SSSR count). The zero-order chi connectivity index (χ0) is 30.8. The number of thioether (sulfide) groups is 1. The fourth-order valence-electron chi connectivity index (χ4n) is 5.24. The van der Waals surface area contributed by atoms with Crippen LogP contribution < -0.4 is 0 Å². The molecule has 0 amide bonds. The van der Waals surface area contributed by atoms with E-state index in [9.17, 15) is 11.3 Å². The standard InChI is InChI=1S/C36H38O6S/c1-43-35-31(37)32(40-23-28-16-8-3-9-17-28)33(41-24-29-18-10-4-11-19-29)34(42-25-30-20-12-5-13-21-30)36(35,38)26-39-22-27-14-6-2-7-15-27/h2-21,32-35,38H,22-26H2,1H3/t32-,33+,34-,35+,36+/m0/s1/i35D. The molecule has 1 saturated carbocycles. The molecule has 0 radical (unpaired) electrons. The van der Waals surface area contributed by atoms with Crippen LogP contribution in [0.3, 0.4) is 0 Å². The molecule has 1 N–H and O–H groups in total. The minimum atomic E-state index is -2.08. The highest BCUT2D eigenvalue weighted by molar-refractivity contribution is 8.00. The number of benzene rings is 4. The topological polar surface area (TPSA) is 74.2 Å². The molecule has 0 aromatic heterocycles. The van der Waals surface area contributed by atoms with Crippen LogP contribution in [0.5, 0.6) is 0 Å². The predicted octanol–water partition coefficient (Wildman–Crippen LogP) is 6.00. The van der Waals surface area contributed by atoms with E-state index in [-0.39, 0.29) is 33.0 Å². The predicted molar refractivity (Wildman–Crippen MR) is 168 cm³/mol. The Morgan fingerprint density at radius 3 is 1.56 bits per heavy atom. The Hall–Kier alpha value is -3.30. The first-order valence-corrected chi connectivity index (χ1v) is 15.6. The summed E-state index contributed by atoms with van der Waals surface area (Å²) in [5.74, 6) is -0.593. The number of rotatable bonds is 14. The molecular weight excluding hydrogens is 560 g/mol. The molecule has 43 heavy (non-hydrogen) atoms. The van der Waals surface area contributed by atoms with Gasteiger partial charge in [0.25, 0.3) is 0 Å². The number of ketones is 1. The molecule has 0 bridgehead atoms. The van der Waals surface area contributed by atoms with Crippen molar-refractivity contribution < 1.29 is 30.2 Å². The van der Waals surface area contributed by atoms with E-state index < -0.39 is 34.9 Å². The van der Waals surface area contributed by atoms with E-state index in [1.807, 2.05) is 121 Å². The number of aliphatic hydroxyl groups is 1. The van der Waals surface area contributed by atoms with E-state index in [1.54, 1.807) is 6.26 Å². The third-order valence-corrected chi connectivity index (χ3v) is 8.37. The van der Waals surface area contributed by atoms with Gasteiger partial charge in [0.2, 0.25) is 0 Å². The molecule has 1 aliphatic rings. The fourth-order valence-corrected chi connectivity index (χ4v) is 6.09. The van der Waals surface area contributed by atoms with Gasteiger partial charge in [-0.3, -0.25) is 4.79 Å². The lowest BCUT2D eigenvalue weighted by Crippen LogP contribution is -2.71. The van der Waals surface area contributed by atoms with E-state index in [0.717, 1.165) is 34.0 Å². The normalized spacial score (nSPS) is 25.8. The van der Waals surface area contributed by atoms with E-state index in [2.05, 4.69) is 0 Å². The van der Waals surface area contributed by atoms with Crippen LogP contribution in [-0.2, 0) is 50.2 Å². The zero-order valence-electron chi connectivity index (χ0n) is 25.2. The van der Waals surface area contributed by atoms with Crippen LogP contribution in [0.2, 0.25) is 0 Å². The van der Waals surface area contributed by atoms with Crippen molar-refractivity contribution in [1.82, 2.24) is 0 Å². The first-order chi connectivity index (χ1) is 21.4. The Kier molecular flexibility index (Phi) is 10.7. The lowest BCUT2D eigenvalue weighted by molar-refractivity contribution is -0.238. The Bertz CT molecular complexity index is 1440. The number of Topliss-reactive ketones (excluding diaryl/α,β-unsaturated/α-hetero) is 1. The smallest absolute Gasteiger partial charge is 0.180 e. The van der Waals surface area contributed by atoms with Gasteiger partial charge in [-0.2, -0.15) is 11.8 Å². The van der Waals surface area contributed by atoms with E-state index in [0.29, 0.717) is 0 Å². The average Bonchev–Trinajstić information content (AvgIpc) is 3.07. The van der Waals surface area contributed by atoms with Crippen molar-refractivity contribution in [2.24, 2.45) is 0 Å². The van der Waals surface area contributed by atoms with Crippen LogP contribution in [0.25, 0.3) is 0 Å². The second-order valence-electron chi connectivity index (χ2n) is 10.5. The summed E-state index contributed by atoms with van der Waals surface area (Å²) in [6.45, 7) is 0.272. The summed E-state index contributed by atoms with van der Waals surface area (Å²) in [7, 11) is 0. The van der Waals surface area contributed by atoms with Gasteiger partial charge in [-0.05, 0) is 28.5 Å². The molecule has 0 unspecified atom stereocenters. The van der Waals surface area contributed by atoms with Gasteiger partial charge in [-0.15, -0.1) is 0 Å². The van der Waals surface area contributed by atoms with Crippen molar-refractivity contribution in [3.8, 4) is 0 Å². The second kappa shape index (κ2) is 15.4. The first kappa shape index (κ1) is 29.8. The monoisotopic (exact) mass is 599 g/mol. The van der Waals surface area contributed by atoms with Gasteiger partial charge in [-0.25, -0.2) is 0 Å². The van der Waals surface area contributed by atoms with Crippen molar-refractivity contribution in [3.63, 3.8) is 0 Å². The summed E-state index contributed by atoms with van der Waals surface area (Å²) in [5.41, 5.74) is 1.46. The maximum absolute atomic E-state index is 14.3. The van der Waals surface area contributed by atoms with E-state index in [4.69, 9.17) is 18.9 Å². The second-order valence-corrected chi connectivity index (χ2v) is 11.3. The van der Waals surface area contributed by atoms with Crippen LogP contribution in [0, 0.1) is 0 Å². The third-order valence-electron chi connectivity index (χ3n) is 7.41. The summed E-state index contributed by atoms with van der Waals surface area (Å²) < 4.78 is 34.8. The van der Waals surface area contributed by atoms with Crippen LogP contribution in [-0.4, -0.2) is 52.9 Å². The van der Waals surface area contributed by atoms with Crippen LogP contribution in [0.4, 0.5) is 0 Å². The van der Waals surface area contributed by atoms with Crippen LogP contribution in [0.1, 0.15) is 23.6 Å². The summed E-state index contributed by atoms with van der Waals surface area (Å²) in [5, 5.41) is 10.5. The summed E-state index contributed by atoms with van der Waals surface area (Å²) in [6.07, 6.45) is -1.73. The lowest BCUT2D eigenvalue weighted by atomic mass is 9.77. The number of carbonyl (C=O) groups excluding carboxylic acids is 1. The Morgan fingerprint density at radius 1 is 0.674 bits per heavy atom. The maximum atomic E-state index is 14.3. The summed E-state index contributed by atoms with van der Waals surface area (Å²) in [4.78, 5) is 14.3. The SMILES string of the molecule is [2H][C@@]1(SC)C(=O)[C@H](OCc2ccccc2)[C@@H](OCc2ccccc2)[C@H](OCc2ccccc2)[C@]1(O)COCc1ccccc1. The summed E-state index contributed by atoms with van der Waals surface area (Å²) in [6, 6.07) is 38.2. The van der Waals surface area contributed by atoms with Gasteiger partial charge < -0.3 is 24.1 Å². The Balaban J connectivity index is 1.51. The highest BCUT2D eigenvalue weighted by Gasteiger charge is 2.60. The Labute approximate surface area is 259 Å². The quantitative estimate of drug-likeness (QED) is 0.190. The number of carbonyl (C=O) groups is 1. The van der Waals surface area contributed by atoms with Gasteiger partial charge in [0, 0.05) is 0 Å². The molecule has 1 aliphatic carbocycles. The number of hydrogen-bond donors (Lipinski definition) is 1. The van der Waals surface area contributed by atoms with Gasteiger partial charge in [0.15, 0.2) is 5.78 Å². The minimum absolute atomic E-state index is 0.126. The van der Waals surface area contributed by atoms with Gasteiger partial charge in [-0.1, -0.05) is 121 Å².